The van der Waals surface area contributed by atoms with E-state index in [4.69, 9.17) is 4.74 Å². The van der Waals surface area contributed by atoms with E-state index in [1.807, 2.05) is 67.6 Å². The molecule has 0 bridgehead atoms. The molecule has 2 aromatic carbocycles. The lowest BCUT2D eigenvalue weighted by molar-refractivity contribution is -0.115. The number of para-hydroxylation sites is 1. The van der Waals surface area contributed by atoms with Crippen LogP contribution in [0.2, 0.25) is 0 Å². The second-order valence-corrected chi connectivity index (χ2v) is 6.97. The number of thioether (sulfide) groups is 1. The minimum Gasteiger partial charge on any atom is -0.497 e. The lowest BCUT2D eigenvalue weighted by atomic mass is 10.2. The zero-order chi connectivity index (χ0) is 19.2. The number of carbonyl (C=O) groups excluding carboxylic acids is 1. The molecule has 3 rings (SSSR count). The highest BCUT2D eigenvalue weighted by molar-refractivity contribution is 7.99. The molecule has 27 heavy (non-hydrogen) atoms. The van der Waals surface area contributed by atoms with Crippen LogP contribution in [-0.2, 0) is 4.79 Å². The van der Waals surface area contributed by atoms with Gasteiger partial charge in [0, 0.05) is 24.0 Å². The summed E-state index contributed by atoms with van der Waals surface area (Å²) in [6.07, 6.45) is 0. The fourth-order valence-electron chi connectivity index (χ4n) is 2.51. The number of amides is 1. The predicted molar refractivity (Wildman–Crippen MR) is 109 cm³/mol. The van der Waals surface area contributed by atoms with Crippen LogP contribution >= 0.6 is 11.8 Å². The highest BCUT2D eigenvalue weighted by Gasteiger charge is 2.13. The average molecular weight is 379 g/mol. The molecule has 0 radical (unpaired) electrons. The van der Waals surface area contributed by atoms with Gasteiger partial charge in [0.15, 0.2) is 5.82 Å². The van der Waals surface area contributed by atoms with E-state index < -0.39 is 0 Å². The van der Waals surface area contributed by atoms with E-state index >= 15 is 0 Å². The number of rotatable bonds is 6. The Bertz CT molecular complexity index is 914. The summed E-state index contributed by atoms with van der Waals surface area (Å²) in [4.78, 5) is 23.2. The van der Waals surface area contributed by atoms with Crippen LogP contribution in [0.15, 0.2) is 65.7 Å². The third kappa shape index (κ3) is 4.86. The number of ether oxygens (including phenoxy) is 1. The van der Waals surface area contributed by atoms with Crippen LogP contribution < -0.4 is 9.64 Å². The lowest BCUT2D eigenvalue weighted by Crippen LogP contribution is -2.27. The maximum absolute atomic E-state index is 12.5. The Kier molecular flexibility index (Phi) is 6.08. The van der Waals surface area contributed by atoms with Crippen molar-refractivity contribution >= 4 is 23.4 Å². The molecule has 0 N–H and O–H groups in total. The SMILES string of the molecule is COc1ccc(-c2nc(C)cc(SCC(=O)N(C)c3ccccc3)n2)cc1. The van der Waals surface area contributed by atoms with Gasteiger partial charge in [0.1, 0.15) is 10.8 Å². The molecule has 0 saturated carbocycles. The molecule has 1 amide bonds. The lowest BCUT2D eigenvalue weighted by Gasteiger charge is -2.17. The molecule has 138 valence electrons. The zero-order valence-electron chi connectivity index (χ0n) is 15.5. The second kappa shape index (κ2) is 8.68. The van der Waals surface area contributed by atoms with Crippen molar-refractivity contribution in [1.82, 2.24) is 9.97 Å². The molecule has 1 heterocycles. The Labute approximate surface area is 163 Å². The van der Waals surface area contributed by atoms with Gasteiger partial charge in [0.05, 0.1) is 12.9 Å². The van der Waals surface area contributed by atoms with Crippen molar-refractivity contribution in [1.29, 1.82) is 0 Å². The first kappa shape index (κ1) is 18.9. The molecule has 0 unspecified atom stereocenters. The van der Waals surface area contributed by atoms with E-state index in [-0.39, 0.29) is 5.91 Å². The molecule has 6 heteroatoms. The highest BCUT2D eigenvalue weighted by atomic mass is 32.2. The van der Waals surface area contributed by atoms with E-state index in [2.05, 4.69) is 9.97 Å². The molecular formula is C21H21N3O2S. The maximum Gasteiger partial charge on any atom is 0.237 e. The number of aryl methyl sites for hydroxylation is 1. The van der Waals surface area contributed by atoms with E-state index in [0.29, 0.717) is 11.6 Å². The Balaban J connectivity index is 1.71. The fraction of sp³-hybridized carbons (Fsp3) is 0.190. The van der Waals surface area contributed by atoms with Gasteiger partial charge in [0.25, 0.3) is 0 Å². The first-order valence-corrected chi connectivity index (χ1v) is 9.50. The van der Waals surface area contributed by atoms with Crippen molar-refractivity contribution in [3.05, 3.63) is 66.4 Å². The fourth-order valence-corrected chi connectivity index (χ4v) is 3.38. The summed E-state index contributed by atoms with van der Waals surface area (Å²) in [5, 5.41) is 0.781. The summed E-state index contributed by atoms with van der Waals surface area (Å²) in [6.45, 7) is 1.93. The van der Waals surface area contributed by atoms with Crippen LogP contribution in [0.25, 0.3) is 11.4 Å². The van der Waals surface area contributed by atoms with Gasteiger partial charge in [-0.15, -0.1) is 0 Å². The number of benzene rings is 2. The van der Waals surface area contributed by atoms with Gasteiger partial charge in [-0.25, -0.2) is 9.97 Å². The topological polar surface area (TPSA) is 55.3 Å². The number of methoxy groups -OCH3 is 1. The van der Waals surface area contributed by atoms with Crippen LogP contribution in [0.1, 0.15) is 5.69 Å². The maximum atomic E-state index is 12.5. The van der Waals surface area contributed by atoms with Crippen LogP contribution in [-0.4, -0.2) is 35.8 Å². The summed E-state index contributed by atoms with van der Waals surface area (Å²) < 4.78 is 5.19. The summed E-state index contributed by atoms with van der Waals surface area (Å²) in [5.74, 6) is 1.76. The Morgan fingerprint density at radius 2 is 1.78 bits per heavy atom. The number of aromatic nitrogens is 2. The quantitative estimate of drug-likeness (QED) is 0.474. The van der Waals surface area contributed by atoms with E-state index in [1.54, 1.807) is 19.1 Å². The number of hydrogen-bond donors (Lipinski definition) is 0. The third-order valence-corrected chi connectivity index (χ3v) is 4.94. The molecule has 1 aromatic heterocycles. The van der Waals surface area contributed by atoms with Gasteiger partial charge >= 0.3 is 0 Å². The number of carbonyl (C=O) groups is 1. The molecule has 0 fully saturated rings. The number of hydrogen-bond acceptors (Lipinski definition) is 5. The van der Waals surface area contributed by atoms with Crippen molar-refractivity contribution in [3.63, 3.8) is 0 Å². The van der Waals surface area contributed by atoms with Gasteiger partial charge in [0.2, 0.25) is 5.91 Å². The highest BCUT2D eigenvalue weighted by Crippen LogP contribution is 2.24. The van der Waals surface area contributed by atoms with Crippen molar-refractivity contribution in [2.24, 2.45) is 0 Å². The molecular weight excluding hydrogens is 358 g/mol. The summed E-state index contributed by atoms with van der Waals surface area (Å²) in [7, 11) is 3.42. The van der Waals surface area contributed by atoms with Crippen LogP contribution in [0.3, 0.4) is 0 Å². The van der Waals surface area contributed by atoms with Crippen molar-refractivity contribution < 1.29 is 9.53 Å². The Morgan fingerprint density at radius 1 is 1.07 bits per heavy atom. The molecule has 0 aliphatic carbocycles. The van der Waals surface area contributed by atoms with Gasteiger partial charge in [-0.1, -0.05) is 30.0 Å². The second-order valence-electron chi connectivity index (χ2n) is 5.98. The van der Waals surface area contributed by atoms with Gasteiger partial charge in [-0.2, -0.15) is 0 Å². The van der Waals surface area contributed by atoms with Crippen LogP contribution in [0, 0.1) is 6.92 Å². The van der Waals surface area contributed by atoms with E-state index in [0.717, 1.165) is 27.7 Å². The van der Waals surface area contributed by atoms with E-state index in [9.17, 15) is 4.79 Å². The van der Waals surface area contributed by atoms with Gasteiger partial charge in [-0.3, -0.25) is 4.79 Å². The smallest absolute Gasteiger partial charge is 0.237 e. The molecule has 0 aliphatic rings. The van der Waals surface area contributed by atoms with Crippen molar-refractivity contribution in [2.75, 3.05) is 24.8 Å². The molecule has 3 aromatic rings. The monoisotopic (exact) mass is 379 g/mol. The summed E-state index contributed by atoms with van der Waals surface area (Å²) >= 11 is 1.42. The first-order valence-electron chi connectivity index (χ1n) is 8.51. The Hall–Kier alpha value is -2.86. The van der Waals surface area contributed by atoms with Crippen molar-refractivity contribution in [2.45, 2.75) is 11.9 Å². The molecule has 0 saturated heterocycles. The standard InChI is InChI=1S/C21H21N3O2S/c1-15-13-19(23-21(22-15)16-9-11-18(26-3)12-10-16)27-14-20(25)24(2)17-7-5-4-6-8-17/h4-13H,14H2,1-3H3. The molecule has 0 spiro atoms. The summed E-state index contributed by atoms with van der Waals surface area (Å²) in [6, 6.07) is 19.1. The van der Waals surface area contributed by atoms with Crippen molar-refractivity contribution in [3.8, 4) is 17.1 Å². The largest absolute Gasteiger partial charge is 0.497 e. The molecule has 0 atom stereocenters. The van der Waals surface area contributed by atoms with Gasteiger partial charge < -0.3 is 9.64 Å². The molecule has 5 nitrogen and oxygen atoms in total. The van der Waals surface area contributed by atoms with Gasteiger partial charge in [-0.05, 0) is 49.4 Å². The normalized spacial score (nSPS) is 10.5. The van der Waals surface area contributed by atoms with Crippen LogP contribution in [0.5, 0.6) is 5.75 Å². The summed E-state index contributed by atoms with van der Waals surface area (Å²) in [5.41, 5.74) is 2.65. The molecule has 0 aliphatic heterocycles. The average Bonchev–Trinajstić information content (AvgIpc) is 2.71. The number of nitrogens with zero attached hydrogens (tertiary/aromatic N) is 3. The minimum absolute atomic E-state index is 0.0217. The van der Waals surface area contributed by atoms with E-state index in [1.165, 1.54) is 11.8 Å². The number of anilines is 1. The third-order valence-electron chi connectivity index (χ3n) is 4.04. The van der Waals surface area contributed by atoms with Crippen LogP contribution in [0.4, 0.5) is 5.69 Å². The predicted octanol–water partition coefficient (Wildman–Crippen LogP) is 4.22. The Morgan fingerprint density at radius 3 is 2.44 bits per heavy atom. The first-order chi connectivity index (χ1) is 13.1. The zero-order valence-corrected chi connectivity index (χ0v) is 16.4. The minimum atomic E-state index is 0.0217.